The second-order valence-corrected chi connectivity index (χ2v) is 5.18. The first-order chi connectivity index (χ1) is 9.79. The van der Waals surface area contributed by atoms with Crippen molar-refractivity contribution in [2.75, 3.05) is 13.2 Å². The van der Waals surface area contributed by atoms with Crippen LogP contribution >= 0.6 is 0 Å². The van der Waals surface area contributed by atoms with Gasteiger partial charge in [-0.15, -0.1) is 0 Å². The third-order valence-electron chi connectivity index (χ3n) is 3.98. The van der Waals surface area contributed by atoms with E-state index in [1.54, 1.807) is 0 Å². The number of benzene rings is 1. The molecule has 1 aromatic carbocycles. The molecule has 0 unspecified atom stereocenters. The van der Waals surface area contributed by atoms with E-state index in [0.29, 0.717) is 18.3 Å². The summed E-state index contributed by atoms with van der Waals surface area (Å²) in [7, 11) is 0. The predicted octanol–water partition coefficient (Wildman–Crippen LogP) is 3.28. The van der Waals surface area contributed by atoms with Crippen molar-refractivity contribution < 1.29 is 9.53 Å². The van der Waals surface area contributed by atoms with Crippen molar-refractivity contribution in [1.29, 1.82) is 0 Å². The summed E-state index contributed by atoms with van der Waals surface area (Å²) in [4.78, 5) is 11.2. The molecule has 1 N–H and O–H groups in total. The van der Waals surface area contributed by atoms with Gasteiger partial charge in [0.05, 0.1) is 6.61 Å². The Morgan fingerprint density at radius 1 is 1.40 bits per heavy atom. The Bertz CT molecular complexity index is 470. The molecule has 1 saturated carbocycles. The molecule has 0 bridgehead atoms. The maximum Gasteiger partial charge on any atom is 0.219 e. The predicted molar refractivity (Wildman–Crippen MR) is 81.1 cm³/mol. The molecule has 1 fully saturated rings. The van der Waals surface area contributed by atoms with Crippen molar-refractivity contribution in [3.05, 3.63) is 29.3 Å². The van der Waals surface area contributed by atoms with Gasteiger partial charge in [0.2, 0.25) is 5.91 Å². The van der Waals surface area contributed by atoms with E-state index in [0.717, 1.165) is 25.3 Å². The van der Waals surface area contributed by atoms with E-state index in [9.17, 15) is 4.79 Å². The van der Waals surface area contributed by atoms with Gasteiger partial charge in [-0.3, -0.25) is 4.79 Å². The molecule has 20 heavy (non-hydrogen) atoms. The van der Waals surface area contributed by atoms with Crippen LogP contribution in [-0.4, -0.2) is 19.1 Å². The molecule has 1 aromatic rings. The Morgan fingerprint density at radius 2 is 2.20 bits per heavy atom. The number of hydrogen-bond acceptors (Lipinski definition) is 2. The Hall–Kier alpha value is -1.51. The van der Waals surface area contributed by atoms with Gasteiger partial charge in [0.15, 0.2) is 0 Å². The lowest BCUT2D eigenvalue weighted by atomic mass is 10.00. The molecule has 110 valence electrons. The average Bonchev–Trinajstić information content (AvgIpc) is 3.11. The summed E-state index contributed by atoms with van der Waals surface area (Å²) < 4.78 is 5.60. The first-order valence-corrected chi connectivity index (χ1v) is 7.81. The van der Waals surface area contributed by atoms with E-state index >= 15 is 0 Å². The van der Waals surface area contributed by atoms with Gasteiger partial charge in [0, 0.05) is 24.9 Å². The molecule has 3 nitrogen and oxygen atoms in total. The molecule has 2 atom stereocenters. The van der Waals surface area contributed by atoms with Crippen LogP contribution < -0.4 is 10.1 Å². The van der Waals surface area contributed by atoms with Gasteiger partial charge in [-0.1, -0.05) is 32.9 Å². The van der Waals surface area contributed by atoms with Crippen molar-refractivity contribution in [2.45, 2.75) is 46.0 Å². The molecular weight excluding hydrogens is 250 g/mol. The van der Waals surface area contributed by atoms with E-state index < -0.39 is 0 Å². The number of amides is 1. The van der Waals surface area contributed by atoms with Crippen LogP contribution in [-0.2, 0) is 11.2 Å². The smallest absolute Gasteiger partial charge is 0.219 e. The van der Waals surface area contributed by atoms with Gasteiger partial charge < -0.3 is 10.1 Å². The lowest BCUT2D eigenvalue weighted by molar-refractivity contribution is -0.120. The van der Waals surface area contributed by atoms with Crippen molar-refractivity contribution in [1.82, 2.24) is 5.32 Å². The second-order valence-electron chi connectivity index (χ2n) is 5.18. The minimum atomic E-state index is 0.155. The minimum absolute atomic E-state index is 0.155. The number of carbonyl (C=O) groups is 1. The number of rotatable bonds is 4. The van der Waals surface area contributed by atoms with Crippen LogP contribution in [0.1, 0.15) is 50.7 Å². The van der Waals surface area contributed by atoms with Gasteiger partial charge in [-0.25, -0.2) is 0 Å². The molecule has 1 heterocycles. The van der Waals surface area contributed by atoms with Crippen LogP contribution in [0.15, 0.2) is 18.2 Å². The summed E-state index contributed by atoms with van der Waals surface area (Å²) in [6.07, 6.45) is 2.81. The average molecular weight is 275 g/mol. The number of nitrogens with one attached hydrogen (secondary N) is 1. The summed E-state index contributed by atoms with van der Waals surface area (Å²) in [5, 5.41) is 2.99. The van der Waals surface area contributed by atoms with Gasteiger partial charge in [-0.05, 0) is 29.9 Å². The third kappa shape index (κ3) is 3.14. The standard InChI is InChI=1S/C15H19NO2.C2H6/c1-2-15(17)16-9-10-8-13(10)11-4-3-5-14-12(11)6-7-18-14;1-2/h3-5,10,13H,2,6-9H2,1H3,(H,16,17);1-2H3/t10-,13+;/m0./s1. The SMILES string of the molecule is CC.CCC(=O)NC[C@@H]1C[C@H]1c1cccc2c1CCO2. The number of fused-ring (bicyclic) bond motifs is 1. The molecular formula is C17H25NO2. The zero-order chi connectivity index (χ0) is 14.5. The highest BCUT2D eigenvalue weighted by Crippen LogP contribution is 2.50. The Balaban J connectivity index is 0.000000704. The van der Waals surface area contributed by atoms with E-state index in [2.05, 4.69) is 23.5 Å². The summed E-state index contributed by atoms with van der Waals surface area (Å²) in [6.45, 7) is 7.53. The molecule has 3 heteroatoms. The number of hydrogen-bond donors (Lipinski definition) is 1. The highest BCUT2D eigenvalue weighted by Gasteiger charge is 2.40. The zero-order valence-corrected chi connectivity index (χ0v) is 12.7. The first-order valence-electron chi connectivity index (χ1n) is 7.81. The molecule has 1 aliphatic heterocycles. The maximum absolute atomic E-state index is 11.2. The van der Waals surface area contributed by atoms with Crippen molar-refractivity contribution in [3.8, 4) is 5.75 Å². The summed E-state index contributed by atoms with van der Waals surface area (Å²) >= 11 is 0. The fourth-order valence-corrected chi connectivity index (χ4v) is 2.82. The topological polar surface area (TPSA) is 38.3 Å². The third-order valence-corrected chi connectivity index (χ3v) is 3.98. The minimum Gasteiger partial charge on any atom is -0.493 e. The van der Waals surface area contributed by atoms with Gasteiger partial charge >= 0.3 is 0 Å². The van der Waals surface area contributed by atoms with Crippen LogP contribution in [0.5, 0.6) is 5.75 Å². The molecule has 1 amide bonds. The van der Waals surface area contributed by atoms with Crippen LogP contribution in [0, 0.1) is 5.92 Å². The lowest BCUT2D eigenvalue weighted by Crippen LogP contribution is -2.24. The van der Waals surface area contributed by atoms with Crippen molar-refractivity contribution >= 4 is 5.91 Å². The molecule has 0 saturated heterocycles. The van der Waals surface area contributed by atoms with Crippen LogP contribution in [0.3, 0.4) is 0 Å². The number of carbonyl (C=O) groups excluding carboxylic acids is 1. The lowest BCUT2D eigenvalue weighted by Gasteiger charge is -2.07. The van der Waals surface area contributed by atoms with Gasteiger partial charge in [0.1, 0.15) is 5.75 Å². The van der Waals surface area contributed by atoms with Crippen LogP contribution in [0.2, 0.25) is 0 Å². The Labute approximate surface area is 121 Å². The highest BCUT2D eigenvalue weighted by molar-refractivity contribution is 5.75. The largest absolute Gasteiger partial charge is 0.493 e. The summed E-state index contributed by atoms with van der Waals surface area (Å²) in [6, 6.07) is 6.36. The Kier molecular flexibility index (Phi) is 5.05. The molecule has 2 aliphatic rings. The monoisotopic (exact) mass is 275 g/mol. The molecule has 0 aromatic heterocycles. The fourth-order valence-electron chi connectivity index (χ4n) is 2.82. The fraction of sp³-hybridized carbons (Fsp3) is 0.588. The first kappa shape index (κ1) is 14.9. The Morgan fingerprint density at radius 3 is 2.95 bits per heavy atom. The van der Waals surface area contributed by atoms with Crippen molar-refractivity contribution in [2.24, 2.45) is 5.92 Å². The molecule has 0 radical (unpaired) electrons. The quantitative estimate of drug-likeness (QED) is 0.915. The van der Waals surface area contributed by atoms with E-state index in [4.69, 9.17) is 4.74 Å². The van der Waals surface area contributed by atoms with Crippen molar-refractivity contribution in [3.63, 3.8) is 0 Å². The van der Waals surface area contributed by atoms with Gasteiger partial charge in [0.25, 0.3) is 0 Å². The van der Waals surface area contributed by atoms with Crippen LogP contribution in [0.4, 0.5) is 0 Å². The molecule has 0 spiro atoms. The number of ether oxygens (including phenoxy) is 1. The maximum atomic E-state index is 11.2. The summed E-state index contributed by atoms with van der Waals surface area (Å²) in [5.41, 5.74) is 2.84. The van der Waals surface area contributed by atoms with E-state index in [1.807, 2.05) is 20.8 Å². The van der Waals surface area contributed by atoms with Crippen LogP contribution in [0.25, 0.3) is 0 Å². The van der Waals surface area contributed by atoms with Gasteiger partial charge in [-0.2, -0.15) is 0 Å². The molecule has 3 rings (SSSR count). The van der Waals surface area contributed by atoms with E-state index in [-0.39, 0.29) is 5.91 Å². The second kappa shape index (κ2) is 6.78. The molecule has 1 aliphatic carbocycles. The summed E-state index contributed by atoms with van der Waals surface area (Å²) in [5.74, 6) is 2.46. The normalized spacial score (nSPS) is 22.1. The van der Waals surface area contributed by atoms with E-state index in [1.165, 1.54) is 17.5 Å². The highest BCUT2D eigenvalue weighted by atomic mass is 16.5. The zero-order valence-electron chi connectivity index (χ0n) is 12.7.